The van der Waals surface area contributed by atoms with Crippen LogP contribution in [-0.4, -0.2) is 31.2 Å². The van der Waals surface area contributed by atoms with Gasteiger partial charge in [0.2, 0.25) is 11.5 Å². The standard InChI is InChI=1S/C15H22N2O4/c1-2-20-13-6-3-7-14(15(13)17(18)19)21-10-8-12-5-4-9-16-11-12/h3,6-7,12,16H,2,4-5,8-11H2,1H3. The number of hydrogen-bond donors (Lipinski definition) is 1. The quantitative estimate of drug-likeness (QED) is 0.618. The summed E-state index contributed by atoms with van der Waals surface area (Å²) in [7, 11) is 0. The maximum absolute atomic E-state index is 11.2. The summed E-state index contributed by atoms with van der Waals surface area (Å²) >= 11 is 0. The fraction of sp³-hybridized carbons (Fsp3) is 0.600. The van der Waals surface area contributed by atoms with Crippen LogP contribution in [0.2, 0.25) is 0 Å². The SMILES string of the molecule is CCOc1cccc(OCCC2CCCNC2)c1[N+](=O)[O-]. The second-order valence-corrected chi connectivity index (χ2v) is 5.14. The summed E-state index contributed by atoms with van der Waals surface area (Å²) in [5.74, 6) is 1.14. The first kappa shape index (κ1) is 15.6. The van der Waals surface area contributed by atoms with E-state index < -0.39 is 4.92 Å². The van der Waals surface area contributed by atoms with Gasteiger partial charge in [-0.25, -0.2) is 0 Å². The van der Waals surface area contributed by atoms with Gasteiger partial charge in [-0.2, -0.15) is 0 Å². The number of rotatable bonds is 7. The second-order valence-electron chi connectivity index (χ2n) is 5.14. The first-order valence-corrected chi connectivity index (χ1v) is 7.46. The molecule has 0 aliphatic carbocycles. The van der Waals surface area contributed by atoms with Crippen molar-refractivity contribution in [3.63, 3.8) is 0 Å². The lowest BCUT2D eigenvalue weighted by atomic mass is 9.97. The van der Waals surface area contributed by atoms with Crippen molar-refractivity contribution < 1.29 is 14.4 Å². The molecule has 1 saturated heterocycles. The molecule has 116 valence electrons. The number of nitrogens with one attached hydrogen (secondary N) is 1. The van der Waals surface area contributed by atoms with Crippen LogP contribution in [0.15, 0.2) is 18.2 Å². The lowest BCUT2D eigenvalue weighted by Crippen LogP contribution is -2.30. The van der Waals surface area contributed by atoms with Gasteiger partial charge in [-0.1, -0.05) is 6.07 Å². The highest BCUT2D eigenvalue weighted by Crippen LogP contribution is 2.36. The minimum atomic E-state index is -0.442. The monoisotopic (exact) mass is 294 g/mol. The molecule has 21 heavy (non-hydrogen) atoms. The van der Waals surface area contributed by atoms with Gasteiger partial charge in [-0.3, -0.25) is 10.1 Å². The van der Waals surface area contributed by atoms with E-state index >= 15 is 0 Å². The molecule has 2 rings (SSSR count). The molecule has 1 aromatic rings. The first-order valence-electron chi connectivity index (χ1n) is 7.46. The normalized spacial score (nSPS) is 18.2. The third kappa shape index (κ3) is 4.32. The molecule has 6 nitrogen and oxygen atoms in total. The molecule has 1 aliphatic heterocycles. The van der Waals surface area contributed by atoms with Gasteiger partial charge in [0, 0.05) is 0 Å². The van der Waals surface area contributed by atoms with Crippen molar-refractivity contribution in [3.05, 3.63) is 28.3 Å². The highest BCUT2D eigenvalue weighted by molar-refractivity contribution is 5.57. The molecule has 1 N–H and O–H groups in total. The van der Waals surface area contributed by atoms with Crippen molar-refractivity contribution in [1.29, 1.82) is 0 Å². The summed E-state index contributed by atoms with van der Waals surface area (Å²) in [6.07, 6.45) is 3.28. The molecule has 1 fully saturated rings. The molecule has 1 atom stereocenters. The molecule has 1 aromatic carbocycles. The predicted molar refractivity (Wildman–Crippen MR) is 80.0 cm³/mol. The highest BCUT2D eigenvalue weighted by atomic mass is 16.6. The highest BCUT2D eigenvalue weighted by Gasteiger charge is 2.22. The van der Waals surface area contributed by atoms with E-state index in [1.54, 1.807) is 25.1 Å². The van der Waals surface area contributed by atoms with Gasteiger partial charge >= 0.3 is 5.69 Å². The van der Waals surface area contributed by atoms with E-state index in [9.17, 15) is 10.1 Å². The molecule has 0 radical (unpaired) electrons. The summed E-state index contributed by atoms with van der Waals surface area (Å²) in [5.41, 5.74) is -0.0823. The summed E-state index contributed by atoms with van der Waals surface area (Å²) < 4.78 is 10.9. The van der Waals surface area contributed by atoms with Gasteiger partial charge in [-0.05, 0) is 57.3 Å². The molecule has 0 amide bonds. The molecule has 0 bridgehead atoms. The van der Waals surface area contributed by atoms with Gasteiger partial charge in [-0.15, -0.1) is 0 Å². The Balaban J connectivity index is 1.98. The zero-order valence-corrected chi connectivity index (χ0v) is 12.3. The second kappa shape index (κ2) is 7.83. The van der Waals surface area contributed by atoms with Gasteiger partial charge in [0.15, 0.2) is 0 Å². The van der Waals surface area contributed by atoms with Crippen molar-refractivity contribution in [3.8, 4) is 11.5 Å². The lowest BCUT2D eigenvalue weighted by Gasteiger charge is -2.22. The van der Waals surface area contributed by atoms with Crippen molar-refractivity contribution in [2.24, 2.45) is 5.92 Å². The Morgan fingerprint density at radius 1 is 1.38 bits per heavy atom. The molecule has 0 spiro atoms. The number of benzene rings is 1. The number of nitro benzene ring substituents is 1. The topological polar surface area (TPSA) is 73.6 Å². The van der Waals surface area contributed by atoms with E-state index in [0.717, 1.165) is 19.5 Å². The Bertz CT molecular complexity index is 473. The number of piperidine rings is 1. The van der Waals surface area contributed by atoms with E-state index in [0.29, 0.717) is 19.1 Å². The van der Waals surface area contributed by atoms with Crippen molar-refractivity contribution in [1.82, 2.24) is 5.32 Å². The van der Waals surface area contributed by atoms with E-state index in [1.165, 1.54) is 12.8 Å². The van der Waals surface area contributed by atoms with Crippen LogP contribution in [-0.2, 0) is 0 Å². The summed E-state index contributed by atoms with van der Waals surface area (Å²) in [6.45, 7) is 4.76. The van der Waals surface area contributed by atoms with Crippen LogP contribution >= 0.6 is 0 Å². The average molecular weight is 294 g/mol. The fourth-order valence-corrected chi connectivity index (χ4v) is 2.58. The smallest absolute Gasteiger partial charge is 0.352 e. The van der Waals surface area contributed by atoms with Crippen LogP contribution in [0.3, 0.4) is 0 Å². The predicted octanol–water partition coefficient (Wildman–Crippen LogP) is 2.76. The lowest BCUT2D eigenvalue weighted by molar-refractivity contribution is -0.386. The fourth-order valence-electron chi connectivity index (χ4n) is 2.58. The van der Waals surface area contributed by atoms with Crippen molar-refractivity contribution in [2.45, 2.75) is 26.2 Å². The summed E-state index contributed by atoms with van der Waals surface area (Å²) in [5, 5.41) is 14.6. The Kier molecular flexibility index (Phi) is 5.80. The largest absolute Gasteiger partial charge is 0.487 e. The van der Waals surface area contributed by atoms with Crippen LogP contribution in [0.4, 0.5) is 5.69 Å². The first-order chi connectivity index (χ1) is 10.2. The van der Waals surface area contributed by atoms with E-state index in [1.807, 2.05) is 0 Å². The van der Waals surface area contributed by atoms with Crippen molar-refractivity contribution >= 4 is 5.69 Å². The van der Waals surface area contributed by atoms with Crippen LogP contribution in [0.5, 0.6) is 11.5 Å². The molecular formula is C15H22N2O4. The average Bonchev–Trinajstić information content (AvgIpc) is 2.48. The van der Waals surface area contributed by atoms with Crippen molar-refractivity contribution in [2.75, 3.05) is 26.3 Å². The molecule has 1 aliphatic rings. The molecule has 6 heteroatoms. The Morgan fingerprint density at radius 2 is 2.14 bits per heavy atom. The third-order valence-corrected chi connectivity index (χ3v) is 3.63. The minimum Gasteiger partial charge on any atom is -0.487 e. The number of ether oxygens (including phenoxy) is 2. The third-order valence-electron chi connectivity index (χ3n) is 3.63. The Morgan fingerprint density at radius 3 is 2.76 bits per heavy atom. The van der Waals surface area contributed by atoms with Gasteiger partial charge in [0.1, 0.15) is 0 Å². The zero-order valence-electron chi connectivity index (χ0n) is 12.3. The van der Waals surface area contributed by atoms with Crippen LogP contribution < -0.4 is 14.8 Å². The van der Waals surface area contributed by atoms with Gasteiger partial charge in [0.05, 0.1) is 18.1 Å². The zero-order chi connectivity index (χ0) is 15.1. The number of para-hydroxylation sites is 1. The van der Waals surface area contributed by atoms with Crippen LogP contribution in [0, 0.1) is 16.0 Å². The maximum atomic E-state index is 11.2. The summed E-state index contributed by atoms with van der Waals surface area (Å²) in [4.78, 5) is 10.8. The Hall–Kier alpha value is -1.82. The van der Waals surface area contributed by atoms with Gasteiger partial charge in [0.25, 0.3) is 0 Å². The number of nitro groups is 1. The minimum absolute atomic E-state index is 0.0823. The molecule has 1 heterocycles. The molecule has 0 aromatic heterocycles. The van der Waals surface area contributed by atoms with E-state index in [2.05, 4.69) is 5.32 Å². The summed E-state index contributed by atoms with van der Waals surface area (Å²) in [6, 6.07) is 4.94. The maximum Gasteiger partial charge on any atom is 0.352 e. The number of nitrogens with zero attached hydrogens (tertiary/aromatic N) is 1. The molecule has 1 unspecified atom stereocenters. The van der Waals surface area contributed by atoms with E-state index in [4.69, 9.17) is 9.47 Å². The number of hydrogen-bond acceptors (Lipinski definition) is 5. The van der Waals surface area contributed by atoms with E-state index in [-0.39, 0.29) is 17.2 Å². The van der Waals surface area contributed by atoms with Crippen LogP contribution in [0.1, 0.15) is 26.2 Å². The van der Waals surface area contributed by atoms with Gasteiger partial charge < -0.3 is 14.8 Å². The van der Waals surface area contributed by atoms with Crippen LogP contribution in [0.25, 0.3) is 0 Å². The molecule has 0 saturated carbocycles. The Labute approximate surface area is 124 Å². The molecular weight excluding hydrogens is 272 g/mol.